The van der Waals surface area contributed by atoms with Gasteiger partial charge in [0.2, 0.25) is 0 Å². The predicted octanol–water partition coefficient (Wildman–Crippen LogP) is 1.65. The number of esters is 1. The molecule has 0 heterocycles. The van der Waals surface area contributed by atoms with Gasteiger partial charge in [-0.25, -0.2) is 0 Å². The van der Waals surface area contributed by atoms with Crippen molar-refractivity contribution in [3.05, 3.63) is 29.8 Å². The Morgan fingerprint density at radius 1 is 1.53 bits per heavy atom. The second-order valence-corrected chi connectivity index (χ2v) is 2.85. The van der Waals surface area contributed by atoms with Gasteiger partial charge in [0.25, 0.3) is 0 Å². The minimum Gasteiger partial charge on any atom is -0.497 e. The van der Waals surface area contributed by atoms with Crippen molar-refractivity contribution in [3.8, 4) is 11.8 Å². The van der Waals surface area contributed by atoms with Crippen LogP contribution in [0, 0.1) is 11.3 Å². The van der Waals surface area contributed by atoms with Crippen LogP contribution in [0.4, 0.5) is 0 Å². The van der Waals surface area contributed by atoms with E-state index in [1.165, 1.54) is 0 Å². The Bertz CT molecular complexity index is 382. The molecule has 1 aromatic carbocycles. The van der Waals surface area contributed by atoms with Crippen molar-refractivity contribution >= 4 is 5.97 Å². The highest BCUT2D eigenvalue weighted by Crippen LogP contribution is 2.13. The summed E-state index contributed by atoms with van der Waals surface area (Å²) in [7, 11) is 1.57. The summed E-state index contributed by atoms with van der Waals surface area (Å²) in [5.74, 6) is 0.198. The van der Waals surface area contributed by atoms with Crippen LogP contribution in [-0.4, -0.2) is 13.1 Å². The number of hydrogen-bond acceptors (Lipinski definition) is 4. The Balaban J connectivity index is 2.51. The van der Waals surface area contributed by atoms with Gasteiger partial charge in [-0.3, -0.25) is 4.79 Å². The molecular formula is C11H11NO3. The van der Waals surface area contributed by atoms with Gasteiger partial charge in [-0.2, -0.15) is 5.26 Å². The lowest BCUT2D eigenvalue weighted by Gasteiger charge is -2.04. The molecule has 0 aromatic heterocycles. The van der Waals surface area contributed by atoms with E-state index in [9.17, 15) is 4.79 Å². The molecule has 1 rings (SSSR count). The quantitative estimate of drug-likeness (QED) is 0.701. The lowest BCUT2D eigenvalue weighted by atomic mass is 10.2. The monoisotopic (exact) mass is 205 g/mol. The van der Waals surface area contributed by atoms with Crippen molar-refractivity contribution < 1.29 is 14.3 Å². The van der Waals surface area contributed by atoms with Crippen molar-refractivity contribution in [2.45, 2.75) is 13.0 Å². The predicted molar refractivity (Wildman–Crippen MR) is 53.0 cm³/mol. The molecule has 1 aromatic rings. The van der Waals surface area contributed by atoms with Crippen LogP contribution < -0.4 is 4.74 Å². The van der Waals surface area contributed by atoms with Crippen LogP contribution in [0.1, 0.15) is 12.0 Å². The third kappa shape index (κ3) is 3.69. The summed E-state index contributed by atoms with van der Waals surface area (Å²) in [5, 5.41) is 8.25. The number of rotatable bonds is 4. The molecule has 0 aliphatic carbocycles. The van der Waals surface area contributed by atoms with E-state index >= 15 is 0 Å². The first-order valence-corrected chi connectivity index (χ1v) is 4.41. The summed E-state index contributed by atoms with van der Waals surface area (Å²) in [4.78, 5) is 10.9. The first-order chi connectivity index (χ1) is 7.26. The second-order valence-electron chi connectivity index (χ2n) is 2.85. The first kappa shape index (κ1) is 11.1. The minimum absolute atomic E-state index is 0.164. The molecule has 0 bridgehead atoms. The third-order valence-electron chi connectivity index (χ3n) is 1.76. The van der Waals surface area contributed by atoms with Gasteiger partial charge in [-0.1, -0.05) is 12.1 Å². The normalized spacial score (nSPS) is 9.07. The average Bonchev–Trinajstić information content (AvgIpc) is 2.27. The summed E-state index contributed by atoms with van der Waals surface area (Å²) < 4.78 is 9.87. The molecule has 4 heteroatoms. The zero-order valence-electron chi connectivity index (χ0n) is 8.40. The minimum atomic E-state index is -0.514. The maximum Gasteiger partial charge on any atom is 0.320 e. The standard InChI is InChI=1S/C11H11NO3/c1-14-10-4-2-3-9(7-10)8-15-11(13)5-6-12/h2-4,7H,5,8H2,1H3. The fourth-order valence-corrected chi connectivity index (χ4v) is 1.04. The molecule has 0 unspecified atom stereocenters. The van der Waals surface area contributed by atoms with Gasteiger partial charge < -0.3 is 9.47 Å². The zero-order valence-corrected chi connectivity index (χ0v) is 8.40. The number of nitrogens with zero attached hydrogens (tertiary/aromatic N) is 1. The van der Waals surface area contributed by atoms with E-state index in [2.05, 4.69) is 0 Å². The number of benzene rings is 1. The first-order valence-electron chi connectivity index (χ1n) is 4.41. The molecule has 0 N–H and O–H groups in total. The summed E-state index contributed by atoms with van der Waals surface area (Å²) >= 11 is 0. The van der Waals surface area contributed by atoms with E-state index in [1.54, 1.807) is 25.3 Å². The van der Waals surface area contributed by atoms with Gasteiger partial charge >= 0.3 is 5.97 Å². The molecule has 0 spiro atoms. The van der Waals surface area contributed by atoms with Gasteiger partial charge in [0, 0.05) is 0 Å². The molecule has 0 radical (unpaired) electrons. The smallest absolute Gasteiger partial charge is 0.320 e. The number of nitriles is 1. The van der Waals surface area contributed by atoms with Gasteiger partial charge in [-0.05, 0) is 17.7 Å². The van der Waals surface area contributed by atoms with Gasteiger partial charge in [-0.15, -0.1) is 0 Å². The summed E-state index contributed by atoms with van der Waals surface area (Å²) in [6, 6.07) is 8.94. The number of carbonyl (C=O) groups is 1. The molecular weight excluding hydrogens is 194 g/mol. The Morgan fingerprint density at radius 2 is 2.33 bits per heavy atom. The van der Waals surface area contributed by atoms with Crippen LogP contribution in [0.25, 0.3) is 0 Å². The highest BCUT2D eigenvalue weighted by molar-refractivity contribution is 5.71. The molecule has 78 valence electrons. The number of hydrogen-bond donors (Lipinski definition) is 0. The van der Waals surface area contributed by atoms with Gasteiger partial charge in [0.05, 0.1) is 13.2 Å². The zero-order chi connectivity index (χ0) is 11.1. The second kappa shape index (κ2) is 5.66. The van der Waals surface area contributed by atoms with Gasteiger partial charge in [0.15, 0.2) is 0 Å². The van der Waals surface area contributed by atoms with Crippen LogP contribution in [0.3, 0.4) is 0 Å². The van der Waals surface area contributed by atoms with Crippen LogP contribution in [0.15, 0.2) is 24.3 Å². The Labute approximate surface area is 88.0 Å². The van der Waals surface area contributed by atoms with E-state index in [-0.39, 0.29) is 13.0 Å². The Kier molecular flexibility index (Phi) is 4.17. The largest absolute Gasteiger partial charge is 0.497 e. The molecule has 4 nitrogen and oxygen atoms in total. The molecule has 15 heavy (non-hydrogen) atoms. The van der Waals surface area contributed by atoms with Crippen LogP contribution >= 0.6 is 0 Å². The summed E-state index contributed by atoms with van der Waals surface area (Å²) in [6.07, 6.45) is -0.218. The molecule has 0 aliphatic rings. The molecule has 0 saturated heterocycles. The Morgan fingerprint density at radius 3 is 3.00 bits per heavy atom. The van der Waals surface area contributed by atoms with Crippen molar-refractivity contribution in [2.75, 3.05) is 7.11 Å². The SMILES string of the molecule is COc1cccc(COC(=O)CC#N)c1. The van der Waals surface area contributed by atoms with Crippen LogP contribution in [-0.2, 0) is 16.1 Å². The van der Waals surface area contributed by atoms with Crippen molar-refractivity contribution in [1.82, 2.24) is 0 Å². The number of carbonyl (C=O) groups excluding carboxylic acids is 1. The van der Waals surface area contributed by atoms with Gasteiger partial charge in [0.1, 0.15) is 18.8 Å². The van der Waals surface area contributed by atoms with E-state index in [0.29, 0.717) is 5.75 Å². The van der Waals surface area contributed by atoms with E-state index in [0.717, 1.165) is 5.56 Å². The summed E-state index contributed by atoms with van der Waals surface area (Å²) in [6.45, 7) is 0.164. The van der Waals surface area contributed by atoms with Crippen LogP contribution in [0.2, 0.25) is 0 Å². The molecule has 0 atom stereocenters. The topological polar surface area (TPSA) is 59.3 Å². The lowest BCUT2D eigenvalue weighted by Crippen LogP contribution is -2.03. The highest BCUT2D eigenvalue weighted by atomic mass is 16.5. The highest BCUT2D eigenvalue weighted by Gasteiger charge is 2.02. The van der Waals surface area contributed by atoms with Crippen LogP contribution in [0.5, 0.6) is 5.75 Å². The number of ether oxygens (including phenoxy) is 2. The van der Waals surface area contributed by atoms with Crippen molar-refractivity contribution in [2.24, 2.45) is 0 Å². The fourth-order valence-electron chi connectivity index (χ4n) is 1.04. The third-order valence-corrected chi connectivity index (χ3v) is 1.76. The van der Waals surface area contributed by atoms with Crippen molar-refractivity contribution in [1.29, 1.82) is 5.26 Å². The maximum atomic E-state index is 10.9. The average molecular weight is 205 g/mol. The summed E-state index contributed by atoms with van der Waals surface area (Å²) in [5.41, 5.74) is 0.834. The lowest BCUT2D eigenvalue weighted by molar-refractivity contribution is -0.143. The molecule has 0 aliphatic heterocycles. The van der Waals surface area contributed by atoms with E-state index in [1.807, 2.05) is 12.1 Å². The molecule has 0 saturated carbocycles. The Hall–Kier alpha value is -2.02. The fraction of sp³-hybridized carbons (Fsp3) is 0.273. The van der Waals surface area contributed by atoms with E-state index < -0.39 is 5.97 Å². The van der Waals surface area contributed by atoms with E-state index in [4.69, 9.17) is 14.7 Å². The number of methoxy groups -OCH3 is 1. The maximum absolute atomic E-state index is 10.9. The molecule has 0 amide bonds. The van der Waals surface area contributed by atoms with Crippen molar-refractivity contribution in [3.63, 3.8) is 0 Å². The molecule has 0 fully saturated rings.